The molecule has 90 valence electrons. The predicted molar refractivity (Wildman–Crippen MR) is 62.8 cm³/mol. The molecule has 1 heterocycles. The SMILES string of the molecule is CO/C1=C(\c2ccc(F)cc2)NC=NCOC1. The Balaban J connectivity index is 2.36. The quantitative estimate of drug-likeness (QED) is 0.850. The molecule has 0 radical (unpaired) electrons. The van der Waals surface area contributed by atoms with Crippen LogP contribution in [0.25, 0.3) is 5.70 Å². The Morgan fingerprint density at radius 3 is 2.82 bits per heavy atom. The van der Waals surface area contributed by atoms with Crippen LogP contribution in [-0.4, -0.2) is 26.8 Å². The summed E-state index contributed by atoms with van der Waals surface area (Å²) in [6.07, 6.45) is 1.54. The Morgan fingerprint density at radius 2 is 2.12 bits per heavy atom. The standard InChI is InChI=1S/C12H13FN2O2/c1-16-11-6-17-8-14-7-15-12(11)9-2-4-10(13)5-3-9/h2-5,7H,6,8H2,1H3,(H,14,15)/b12-11+. The number of nitrogens with zero attached hydrogens (tertiary/aromatic N) is 1. The molecular weight excluding hydrogens is 223 g/mol. The van der Waals surface area contributed by atoms with Crippen molar-refractivity contribution >= 4 is 12.0 Å². The van der Waals surface area contributed by atoms with Crippen LogP contribution in [0.2, 0.25) is 0 Å². The van der Waals surface area contributed by atoms with Gasteiger partial charge in [0, 0.05) is 5.56 Å². The Kier molecular flexibility index (Phi) is 3.72. The third kappa shape index (κ3) is 2.82. The number of hydrogen-bond donors (Lipinski definition) is 1. The first-order valence-electron chi connectivity index (χ1n) is 5.17. The summed E-state index contributed by atoms with van der Waals surface area (Å²) in [6.45, 7) is 0.615. The molecule has 0 atom stereocenters. The maximum absolute atomic E-state index is 12.9. The summed E-state index contributed by atoms with van der Waals surface area (Å²) in [5, 5.41) is 3.02. The summed E-state index contributed by atoms with van der Waals surface area (Å²) in [5.74, 6) is 0.381. The Morgan fingerprint density at radius 1 is 1.35 bits per heavy atom. The van der Waals surface area contributed by atoms with Crippen molar-refractivity contribution in [1.29, 1.82) is 0 Å². The van der Waals surface area contributed by atoms with Crippen LogP contribution in [0.4, 0.5) is 4.39 Å². The molecule has 17 heavy (non-hydrogen) atoms. The van der Waals surface area contributed by atoms with Gasteiger partial charge in [0.05, 0.1) is 19.1 Å². The fraction of sp³-hybridized carbons (Fsp3) is 0.250. The number of hydrogen-bond acceptors (Lipinski definition) is 4. The summed E-state index contributed by atoms with van der Waals surface area (Å²) in [4.78, 5) is 3.97. The fourth-order valence-electron chi connectivity index (χ4n) is 1.51. The molecule has 0 fully saturated rings. The zero-order valence-electron chi connectivity index (χ0n) is 9.44. The number of halogens is 1. The highest BCUT2D eigenvalue weighted by Crippen LogP contribution is 2.18. The van der Waals surface area contributed by atoms with Gasteiger partial charge in [-0.25, -0.2) is 9.38 Å². The highest BCUT2D eigenvalue weighted by Gasteiger charge is 2.11. The van der Waals surface area contributed by atoms with Crippen molar-refractivity contribution in [3.8, 4) is 0 Å². The normalized spacial score (nSPS) is 20.4. The molecule has 5 heteroatoms. The monoisotopic (exact) mass is 236 g/mol. The number of ether oxygens (including phenoxy) is 2. The van der Waals surface area contributed by atoms with Gasteiger partial charge in [0.25, 0.3) is 0 Å². The number of nitrogens with one attached hydrogen (secondary N) is 1. The van der Waals surface area contributed by atoms with E-state index in [-0.39, 0.29) is 12.5 Å². The maximum atomic E-state index is 12.9. The maximum Gasteiger partial charge on any atom is 0.145 e. The van der Waals surface area contributed by atoms with Gasteiger partial charge in [-0.05, 0) is 24.3 Å². The van der Waals surface area contributed by atoms with Crippen molar-refractivity contribution in [3.05, 3.63) is 41.4 Å². The average molecular weight is 236 g/mol. The van der Waals surface area contributed by atoms with Gasteiger partial charge >= 0.3 is 0 Å². The largest absolute Gasteiger partial charge is 0.496 e. The molecule has 0 aliphatic carbocycles. The second-order valence-electron chi connectivity index (χ2n) is 3.44. The fourth-order valence-corrected chi connectivity index (χ4v) is 1.51. The second kappa shape index (κ2) is 5.45. The first-order chi connectivity index (χ1) is 8.31. The van der Waals surface area contributed by atoms with E-state index in [2.05, 4.69) is 10.3 Å². The Labute approximate surface area is 98.8 Å². The van der Waals surface area contributed by atoms with E-state index in [1.807, 2.05) is 0 Å². The summed E-state index contributed by atoms with van der Waals surface area (Å²) in [6, 6.07) is 6.14. The molecule has 0 saturated heterocycles. The molecule has 0 aromatic heterocycles. The van der Waals surface area contributed by atoms with Crippen molar-refractivity contribution in [3.63, 3.8) is 0 Å². The lowest BCUT2D eigenvalue weighted by molar-refractivity contribution is 0.120. The van der Waals surface area contributed by atoms with Crippen LogP contribution >= 0.6 is 0 Å². The molecular formula is C12H13FN2O2. The van der Waals surface area contributed by atoms with Crippen LogP contribution in [0.5, 0.6) is 0 Å². The minimum absolute atomic E-state index is 0.274. The molecule has 0 unspecified atom stereocenters. The van der Waals surface area contributed by atoms with Crippen molar-refractivity contribution in [2.45, 2.75) is 0 Å². The summed E-state index contributed by atoms with van der Waals surface area (Å²) >= 11 is 0. The van der Waals surface area contributed by atoms with Crippen LogP contribution in [0.3, 0.4) is 0 Å². The second-order valence-corrected chi connectivity index (χ2v) is 3.44. The molecule has 1 N–H and O–H groups in total. The third-order valence-electron chi connectivity index (χ3n) is 2.36. The van der Waals surface area contributed by atoms with Gasteiger partial charge in [-0.1, -0.05) is 0 Å². The van der Waals surface area contributed by atoms with Gasteiger partial charge in [0.15, 0.2) is 0 Å². The van der Waals surface area contributed by atoms with Crippen LogP contribution in [-0.2, 0) is 9.47 Å². The molecule has 1 aliphatic heterocycles. The lowest BCUT2D eigenvalue weighted by Gasteiger charge is -2.16. The highest BCUT2D eigenvalue weighted by atomic mass is 19.1. The van der Waals surface area contributed by atoms with E-state index in [1.54, 1.807) is 19.2 Å². The van der Waals surface area contributed by atoms with Crippen molar-refractivity contribution in [1.82, 2.24) is 5.32 Å². The van der Waals surface area contributed by atoms with Crippen LogP contribution < -0.4 is 5.32 Å². The summed E-state index contributed by atoms with van der Waals surface area (Å²) < 4.78 is 23.4. The van der Waals surface area contributed by atoms with Gasteiger partial charge in [0.2, 0.25) is 0 Å². The number of benzene rings is 1. The first-order valence-corrected chi connectivity index (χ1v) is 5.17. The summed E-state index contributed by atoms with van der Waals surface area (Å²) in [7, 11) is 1.57. The molecule has 0 amide bonds. The lowest BCUT2D eigenvalue weighted by atomic mass is 10.1. The molecule has 1 aromatic carbocycles. The predicted octanol–water partition coefficient (Wildman–Crippen LogP) is 1.75. The molecule has 0 saturated carbocycles. The smallest absolute Gasteiger partial charge is 0.145 e. The van der Waals surface area contributed by atoms with E-state index in [1.165, 1.54) is 18.5 Å². The number of aliphatic imine (C=N–C) groups is 1. The van der Waals surface area contributed by atoms with Crippen LogP contribution in [0, 0.1) is 5.82 Å². The van der Waals surface area contributed by atoms with Crippen molar-refractivity contribution < 1.29 is 13.9 Å². The first kappa shape index (κ1) is 11.6. The van der Waals surface area contributed by atoms with E-state index in [4.69, 9.17) is 9.47 Å². The van der Waals surface area contributed by atoms with E-state index in [0.717, 1.165) is 11.3 Å². The molecule has 4 nitrogen and oxygen atoms in total. The minimum atomic E-state index is -0.274. The molecule has 0 spiro atoms. The van der Waals surface area contributed by atoms with E-state index >= 15 is 0 Å². The Bertz CT molecular complexity index is 440. The van der Waals surface area contributed by atoms with Gasteiger partial charge in [-0.3, -0.25) is 0 Å². The molecule has 1 aliphatic rings. The zero-order valence-corrected chi connectivity index (χ0v) is 9.44. The van der Waals surface area contributed by atoms with E-state index in [0.29, 0.717) is 12.4 Å². The van der Waals surface area contributed by atoms with E-state index < -0.39 is 0 Å². The van der Waals surface area contributed by atoms with E-state index in [9.17, 15) is 4.39 Å². The molecule has 1 aromatic rings. The van der Waals surface area contributed by atoms with Gasteiger partial charge in [0.1, 0.15) is 24.9 Å². The minimum Gasteiger partial charge on any atom is -0.496 e. The highest BCUT2D eigenvalue weighted by molar-refractivity contribution is 5.77. The van der Waals surface area contributed by atoms with Gasteiger partial charge in [-0.2, -0.15) is 0 Å². The van der Waals surface area contributed by atoms with Crippen molar-refractivity contribution in [2.75, 3.05) is 20.4 Å². The Hall–Kier alpha value is -1.88. The molecule has 2 rings (SSSR count). The van der Waals surface area contributed by atoms with Gasteiger partial charge < -0.3 is 14.8 Å². The lowest BCUT2D eigenvalue weighted by Crippen LogP contribution is -2.18. The van der Waals surface area contributed by atoms with Crippen LogP contribution in [0.15, 0.2) is 35.0 Å². The van der Waals surface area contributed by atoms with Crippen molar-refractivity contribution in [2.24, 2.45) is 4.99 Å². The molecule has 0 bridgehead atoms. The number of rotatable bonds is 2. The number of methoxy groups -OCH3 is 1. The topological polar surface area (TPSA) is 42.8 Å². The van der Waals surface area contributed by atoms with Crippen LogP contribution in [0.1, 0.15) is 5.56 Å². The van der Waals surface area contributed by atoms with Gasteiger partial charge in [-0.15, -0.1) is 0 Å². The average Bonchev–Trinajstić information content (AvgIpc) is 2.31. The summed E-state index contributed by atoms with van der Waals surface area (Å²) in [5.41, 5.74) is 1.55. The third-order valence-corrected chi connectivity index (χ3v) is 2.36. The zero-order chi connectivity index (χ0) is 12.1.